The summed E-state index contributed by atoms with van der Waals surface area (Å²) in [7, 11) is 1.62. The van der Waals surface area contributed by atoms with E-state index in [0.29, 0.717) is 17.5 Å². The highest BCUT2D eigenvalue weighted by molar-refractivity contribution is 5.80. The van der Waals surface area contributed by atoms with E-state index in [1.807, 2.05) is 66.7 Å². The van der Waals surface area contributed by atoms with Gasteiger partial charge in [0.15, 0.2) is 11.2 Å². The maximum Gasteiger partial charge on any atom is 0.231 e. The lowest BCUT2D eigenvalue weighted by molar-refractivity contribution is 0.414. The van der Waals surface area contributed by atoms with Crippen molar-refractivity contribution in [1.29, 1.82) is 0 Å². The molecule has 0 spiro atoms. The highest BCUT2D eigenvalue weighted by atomic mass is 16.5. The summed E-state index contributed by atoms with van der Waals surface area (Å²) >= 11 is 0. The molecule has 0 bridgehead atoms. The van der Waals surface area contributed by atoms with Crippen LogP contribution in [-0.4, -0.2) is 17.1 Å². The second-order valence-corrected chi connectivity index (χ2v) is 5.89. The Hall–Kier alpha value is -3.60. The fourth-order valence-corrected chi connectivity index (χ4v) is 2.98. The highest BCUT2D eigenvalue weighted by Crippen LogP contribution is 2.35. The summed E-state index contributed by atoms with van der Waals surface area (Å²) < 4.78 is 17.3. The van der Waals surface area contributed by atoms with E-state index in [4.69, 9.17) is 13.6 Å². The van der Waals surface area contributed by atoms with E-state index in [-0.39, 0.29) is 0 Å². The first-order valence-corrected chi connectivity index (χ1v) is 8.22. The predicted octanol–water partition coefficient (Wildman–Crippen LogP) is 5.31. The number of oxazole rings is 2. The Bertz CT molecular complexity index is 1170. The van der Waals surface area contributed by atoms with Crippen molar-refractivity contribution in [2.75, 3.05) is 7.11 Å². The molecule has 5 rings (SSSR count). The Balaban J connectivity index is 1.62. The third-order valence-corrected chi connectivity index (χ3v) is 4.27. The average Bonchev–Trinajstić information content (AvgIpc) is 3.31. The van der Waals surface area contributed by atoms with Crippen LogP contribution in [-0.2, 0) is 0 Å². The van der Waals surface area contributed by atoms with Gasteiger partial charge in [-0.15, -0.1) is 0 Å². The van der Waals surface area contributed by atoms with E-state index in [1.165, 1.54) is 0 Å². The fraction of sp³-hybridized carbons (Fsp3) is 0.0476. The molecular weight excluding hydrogens is 328 g/mol. The van der Waals surface area contributed by atoms with Crippen LogP contribution in [0.1, 0.15) is 0 Å². The van der Waals surface area contributed by atoms with Crippen LogP contribution in [0, 0.1) is 0 Å². The smallest absolute Gasteiger partial charge is 0.231 e. The summed E-state index contributed by atoms with van der Waals surface area (Å²) in [6, 6.07) is 21.1. The molecule has 126 valence electrons. The molecule has 0 aliphatic carbocycles. The van der Waals surface area contributed by atoms with Gasteiger partial charge in [-0.25, -0.2) is 9.97 Å². The summed E-state index contributed by atoms with van der Waals surface area (Å²) in [5.74, 6) is 1.72. The van der Waals surface area contributed by atoms with Crippen molar-refractivity contribution in [3.05, 3.63) is 66.7 Å². The first-order valence-electron chi connectivity index (χ1n) is 8.22. The monoisotopic (exact) mass is 342 g/mol. The van der Waals surface area contributed by atoms with Gasteiger partial charge in [0.25, 0.3) is 0 Å². The lowest BCUT2D eigenvalue weighted by Gasteiger charge is -2.06. The number of para-hydroxylation sites is 4. The Morgan fingerprint density at radius 1 is 0.731 bits per heavy atom. The molecule has 0 atom stereocenters. The SMILES string of the molecule is COc1cc(-c2nc3ccccc3o2)ccc1-c1nc2ccccc2o1. The van der Waals surface area contributed by atoms with Gasteiger partial charge in [0.2, 0.25) is 11.8 Å². The molecular formula is C21H14N2O3. The molecule has 0 fully saturated rings. The predicted molar refractivity (Wildman–Crippen MR) is 99.0 cm³/mol. The average molecular weight is 342 g/mol. The third kappa shape index (κ3) is 2.33. The van der Waals surface area contributed by atoms with Crippen LogP contribution in [0.15, 0.2) is 75.6 Å². The number of rotatable bonds is 3. The molecule has 0 aliphatic heterocycles. The minimum Gasteiger partial charge on any atom is -0.496 e. The second-order valence-electron chi connectivity index (χ2n) is 5.89. The maximum absolute atomic E-state index is 5.86. The quantitative estimate of drug-likeness (QED) is 0.444. The molecule has 0 N–H and O–H groups in total. The topological polar surface area (TPSA) is 61.3 Å². The van der Waals surface area contributed by atoms with E-state index in [1.54, 1.807) is 7.11 Å². The zero-order valence-electron chi connectivity index (χ0n) is 14.0. The summed E-state index contributed by atoms with van der Waals surface area (Å²) in [6.07, 6.45) is 0. The molecule has 2 aromatic heterocycles. The Labute approximate surface area is 148 Å². The molecule has 0 unspecified atom stereocenters. The number of hydrogen-bond donors (Lipinski definition) is 0. The minimum atomic E-state index is 0.521. The fourth-order valence-electron chi connectivity index (χ4n) is 2.98. The number of methoxy groups -OCH3 is 1. The van der Waals surface area contributed by atoms with Gasteiger partial charge >= 0.3 is 0 Å². The molecule has 0 saturated heterocycles. The van der Waals surface area contributed by atoms with Crippen LogP contribution in [0.4, 0.5) is 0 Å². The number of fused-ring (bicyclic) bond motifs is 2. The summed E-state index contributed by atoms with van der Waals surface area (Å²) in [5.41, 5.74) is 4.75. The highest BCUT2D eigenvalue weighted by Gasteiger charge is 2.16. The lowest BCUT2D eigenvalue weighted by Crippen LogP contribution is -1.89. The van der Waals surface area contributed by atoms with Crippen molar-refractivity contribution in [3.8, 4) is 28.7 Å². The molecule has 0 aliphatic rings. The molecule has 0 radical (unpaired) electrons. The van der Waals surface area contributed by atoms with Gasteiger partial charge in [-0.3, -0.25) is 0 Å². The van der Waals surface area contributed by atoms with Gasteiger partial charge in [0.1, 0.15) is 16.8 Å². The summed E-state index contributed by atoms with van der Waals surface area (Å²) in [6.45, 7) is 0. The summed E-state index contributed by atoms with van der Waals surface area (Å²) in [5, 5.41) is 0. The number of nitrogens with zero attached hydrogens (tertiary/aromatic N) is 2. The summed E-state index contributed by atoms with van der Waals surface area (Å²) in [4.78, 5) is 9.08. The van der Waals surface area contributed by atoms with Gasteiger partial charge in [0.05, 0.1) is 12.7 Å². The van der Waals surface area contributed by atoms with E-state index >= 15 is 0 Å². The van der Waals surface area contributed by atoms with Crippen LogP contribution in [0.3, 0.4) is 0 Å². The normalized spacial score (nSPS) is 11.3. The number of aromatic nitrogens is 2. The van der Waals surface area contributed by atoms with E-state index in [9.17, 15) is 0 Å². The Morgan fingerprint density at radius 2 is 1.35 bits per heavy atom. The number of hydrogen-bond acceptors (Lipinski definition) is 5. The zero-order valence-corrected chi connectivity index (χ0v) is 14.0. The third-order valence-electron chi connectivity index (χ3n) is 4.27. The van der Waals surface area contributed by atoms with Crippen molar-refractivity contribution < 1.29 is 13.6 Å². The van der Waals surface area contributed by atoms with Crippen LogP contribution in [0.5, 0.6) is 5.75 Å². The largest absolute Gasteiger partial charge is 0.496 e. The minimum absolute atomic E-state index is 0.521. The first-order chi connectivity index (χ1) is 12.8. The van der Waals surface area contributed by atoms with Crippen LogP contribution < -0.4 is 4.74 Å². The molecule has 26 heavy (non-hydrogen) atoms. The molecule has 0 amide bonds. The van der Waals surface area contributed by atoms with Gasteiger partial charge in [-0.2, -0.15) is 0 Å². The first kappa shape index (κ1) is 14.7. The lowest BCUT2D eigenvalue weighted by atomic mass is 10.1. The standard InChI is InChI=1S/C21H14N2O3/c1-24-19-12-13(20-22-15-6-2-4-8-17(15)25-20)10-11-14(19)21-23-16-7-3-5-9-18(16)26-21/h2-12H,1H3. The van der Waals surface area contributed by atoms with Crippen molar-refractivity contribution in [1.82, 2.24) is 9.97 Å². The molecule has 5 heteroatoms. The van der Waals surface area contributed by atoms with Crippen LogP contribution >= 0.6 is 0 Å². The van der Waals surface area contributed by atoms with Gasteiger partial charge in [-0.1, -0.05) is 24.3 Å². The van der Waals surface area contributed by atoms with Gasteiger partial charge in [0, 0.05) is 5.56 Å². The van der Waals surface area contributed by atoms with Gasteiger partial charge < -0.3 is 13.6 Å². The molecule has 5 nitrogen and oxygen atoms in total. The van der Waals surface area contributed by atoms with E-state index in [0.717, 1.165) is 33.3 Å². The molecule has 0 saturated carbocycles. The van der Waals surface area contributed by atoms with Gasteiger partial charge in [-0.05, 0) is 42.5 Å². The zero-order chi connectivity index (χ0) is 17.5. The Kier molecular flexibility index (Phi) is 3.25. The van der Waals surface area contributed by atoms with Crippen LogP contribution in [0.25, 0.3) is 45.1 Å². The van der Waals surface area contributed by atoms with Crippen molar-refractivity contribution in [3.63, 3.8) is 0 Å². The maximum atomic E-state index is 5.86. The van der Waals surface area contributed by atoms with Crippen molar-refractivity contribution in [2.24, 2.45) is 0 Å². The molecule has 3 aromatic carbocycles. The van der Waals surface area contributed by atoms with Crippen LogP contribution in [0.2, 0.25) is 0 Å². The Morgan fingerprint density at radius 3 is 2.00 bits per heavy atom. The number of benzene rings is 3. The second kappa shape index (κ2) is 5.74. The van der Waals surface area contributed by atoms with E-state index in [2.05, 4.69) is 9.97 Å². The molecule has 2 heterocycles. The molecule has 5 aromatic rings. The van der Waals surface area contributed by atoms with Crippen molar-refractivity contribution >= 4 is 22.2 Å². The number of ether oxygens (including phenoxy) is 1. The van der Waals surface area contributed by atoms with Crippen molar-refractivity contribution in [2.45, 2.75) is 0 Å². The van der Waals surface area contributed by atoms with E-state index < -0.39 is 0 Å².